The molecule has 0 unspecified atom stereocenters. The van der Waals surface area contributed by atoms with Crippen LogP contribution in [-0.2, 0) is 11.2 Å². The second-order valence-corrected chi connectivity index (χ2v) is 3.87. The van der Waals surface area contributed by atoms with Crippen molar-refractivity contribution < 1.29 is 14.6 Å². The highest BCUT2D eigenvalue weighted by Gasteiger charge is 2.07. The van der Waals surface area contributed by atoms with Crippen LogP contribution in [0.15, 0.2) is 5.38 Å². The summed E-state index contributed by atoms with van der Waals surface area (Å²) in [7, 11) is 1.65. The van der Waals surface area contributed by atoms with E-state index in [4.69, 9.17) is 9.84 Å². The van der Waals surface area contributed by atoms with Crippen LogP contribution in [-0.4, -0.2) is 42.9 Å². The maximum absolute atomic E-state index is 10.5. The highest BCUT2D eigenvalue weighted by molar-refractivity contribution is 7.09. The maximum Gasteiger partial charge on any atom is 0.355 e. The van der Waals surface area contributed by atoms with Crippen LogP contribution in [0.2, 0.25) is 0 Å². The predicted octanol–water partition coefficient (Wildman–Crippen LogP) is 0.620. The van der Waals surface area contributed by atoms with E-state index in [9.17, 15) is 4.79 Å². The minimum atomic E-state index is -0.968. The fourth-order valence-electron chi connectivity index (χ4n) is 1.02. The van der Waals surface area contributed by atoms with Crippen molar-refractivity contribution in [2.75, 3.05) is 26.8 Å². The molecule has 0 aliphatic carbocycles. The average molecular weight is 230 g/mol. The molecule has 15 heavy (non-hydrogen) atoms. The molecule has 84 valence electrons. The number of aromatic nitrogens is 1. The van der Waals surface area contributed by atoms with E-state index >= 15 is 0 Å². The number of hydrogen-bond donors (Lipinski definition) is 2. The van der Waals surface area contributed by atoms with Crippen molar-refractivity contribution in [3.63, 3.8) is 0 Å². The molecule has 0 spiro atoms. The number of carboxylic acid groups (broad SMARTS) is 1. The van der Waals surface area contributed by atoms with Gasteiger partial charge >= 0.3 is 5.97 Å². The molecule has 1 aromatic rings. The summed E-state index contributed by atoms with van der Waals surface area (Å²) in [5.41, 5.74) is 0.131. The van der Waals surface area contributed by atoms with Crippen molar-refractivity contribution >= 4 is 17.3 Å². The lowest BCUT2D eigenvalue weighted by Gasteiger charge is -2.01. The Morgan fingerprint density at radius 3 is 3.07 bits per heavy atom. The Morgan fingerprint density at radius 2 is 2.47 bits per heavy atom. The molecule has 0 atom stereocenters. The fraction of sp³-hybridized carbons (Fsp3) is 0.556. The van der Waals surface area contributed by atoms with E-state index in [0.717, 1.165) is 24.5 Å². The van der Waals surface area contributed by atoms with Gasteiger partial charge in [0.05, 0.1) is 11.6 Å². The van der Waals surface area contributed by atoms with Gasteiger partial charge in [0.15, 0.2) is 5.69 Å². The van der Waals surface area contributed by atoms with E-state index < -0.39 is 5.97 Å². The number of carboxylic acids is 1. The molecule has 0 aliphatic rings. The van der Waals surface area contributed by atoms with E-state index in [-0.39, 0.29) is 5.69 Å². The van der Waals surface area contributed by atoms with Crippen molar-refractivity contribution in [3.05, 3.63) is 16.1 Å². The smallest absolute Gasteiger partial charge is 0.355 e. The zero-order valence-electron chi connectivity index (χ0n) is 8.52. The van der Waals surface area contributed by atoms with Gasteiger partial charge in [-0.1, -0.05) is 0 Å². The molecule has 0 aliphatic heterocycles. The predicted molar refractivity (Wildman–Crippen MR) is 57.5 cm³/mol. The zero-order chi connectivity index (χ0) is 11.1. The van der Waals surface area contributed by atoms with Crippen molar-refractivity contribution in [1.82, 2.24) is 10.3 Å². The number of nitrogens with one attached hydrogen (secondary N) is 1. The third-order valence-electron chi connectivity index (χ3n) is 1.77. The normalized spacial score (nSPS) is 10.5. The Hall–Kier alpha value is -0.980. The lowest BCUT2D eigenvalue weighted by atomic mass is 10.4. The molecule has 6 heteroatoms. The van der Waals surface area contributed by atoms with Gasteiger partial charge in [-0.15, -0.1) is 11.3 Å². The summed E-state index contributed by atoms with van der Waals surface area (Å²) in [6.45, 7) is 2.27. The monoisotopic (exact) mass is 230 g/mol. The van der Waals surface area contributed by atoms with Gasteiger partial charge in [0.1, 0.15) is 0 Å². The molecule has 1 heterocycles. The highest BCUT2D eigenvalue weighted by Crippen LogP contribution is 2.09. The summed E-state index contributed by atoms with van der Waals surface area (Å²) in [5.74, 6) is -0.968. The topological polar surface area (TPSA) is 71.5 Å². The Morgan fingerprint density at radius 1 is 1.67 bits per heavy atom. The summed E-state index contributed by atoms with van der Waals surface area (Å²) in [5, 5.41) is 14.2. The van der Waals surface area contributed by atoms with Crippen LogP contribution in [0, 0.1) is 0 Å². The largest absolute Gasteiger partial charge is 0.476 e. The van der Waals surface area contributed by atoms with Gasteiger partial charge in [0, 0.05) is 32.0 Å². The quantitative estimate of drug-likeness (QED) is 0.672. The van der Waals surface area contributed by atoms with Crippen LogP contribution >= 0.6 is 11.3 Å². The first kappa shape index (κ1) is 12.1. The molecule has 0 fully saturated rings. The van der Waals surface area contributed by atoms with E-state index in [0.29, 0.717) is 6.61 Å². The third-order valence-corrected chi connectivity index (χ3v) is 2.68. The Bertz CT molecular complexity index is 314. The Labute approximate surface area is 92.1 Å². The minimum absolute atomic E-state index is 0.131. The van der Waals surface area contributed by atoms with Gasteiger partial charge in [-0.3, -0.25) is 0 Å². The van der Waals surface area contributed by atoms with Crippen LogP contribution in [0.1, 0.15) is 15.5 Å². The summed E-state index contributed by atoms with van der Waals surface area (Å²) in [4.78, 5) is 14.5. The molecular formula is C9H14N2O3S. The SMILES string of the molecule is COCCNCCc1nc(C(=O)O)cs1. The zero-order valence-corrected chi connectivity index (χ0v) is 9.34. The Balaban J connectivity index is 2.23. The average Bonchev–Trinajstić information content (AvgIpc) is 2.66. The number of aromatic carboxylic acids is 1. The van der Waals surface area contributed by atoms with Crippen molar-refractivity contribution in [1.29, 1.82) is 0 Å². The van der Waals surface area contributed by atoms with E-state index in [1.54, 1.807) is 12.5 Å². The summed E-state index contributed by atoms with van der Waals surface area (Å²) < 4.78 is 4.88. The molecule has 1 rings (SSSR count). The van der Waals surface area contributed by atoms with Crippen LogP contribution in [0.4, 0.5) is 0 Å². The molecule has 0 aromatic carbocycles. The molecule has 0 saturated carbocycles. The van der Waals surface area contributed by atoms with Crippen LogP contribution in [0.25, 0.3) is 0 Å². The van der Waals surface area contributed by atoms with Crippen LogP contribution in [0.3, 0.4) is 0 Å². The third kappa shape index (κ3) is 4.37. The number of methoxy groups -OCH3 is 1. The van der Waals surface area contributed by atoms with Gasteiger partial charge in [-0.05, 0) is 0 Å². The highest BCUT2D eigenvalue weighted by atomic mass is 32.1. The summed E-state index contributed by atoms with van der Waals surface area (Å²) in [6, 6.07) is 0. The van der Waals surface area contributed by atoms with Gasteiger partial charge in [-0.2, -0.15) is 0 Å². The molecule has 2 N–H and O–H groups in total. The molecule has 1 aromatic heterocycles. The first-order chi connectivity index (χ1) is 7.24. The van der Waals surface area contributed by atoms with E-state index in [1.807, 2.05) is 0 Å². The van der Waals surface area contributed by atoms with Crippen molar-refractivity contribution in [3.8, 4) is 0 Å². The molecule has 0 amide bonds. The summed E-state index contributed by atoms with van der Waals surface area (Å²) >= 11 is 1.38. The lowest BCUT2D eigenvalue weighted by Crippen LogP contribution is -2.21. The first-order valence-corrected chi connectivity index (χ1v) is 5.49. The van der Waals surface area contributed by atoms with Gasteiger partial charge in [0.2, 0.25) is 0 Å². The molecular weight excluding hydrogens is 216 g/mol. The number of rotatable bonds is 7. The van der Waals surface area contributed by atoms with E-state index in [2.05, 4.69) is 10.3 Å². The first-order valence-electron chi connectivity index (χ1n) is 4.61. The minimum Gasteiger partial charge on any atom is -0.476 e. The molecule has 0 radical (unpaired) electrons. The standard InChI is InChI=1S/C9H14N2O3S/c1-14-5-4-10-3-2-8-11-7(6-15-8)9(12)13/h6,10H,2-5H2,1H3,(H,12,13). The van der Waals surface area contributed by atoms with Gasteiger partial charge in [-0.25, -0.2) is 9.78 Å². The van der Waals surface area contributed by atoms with E-state index in [1.165, 1.54) is 11.3 Å². The summed E-state index contributed by atoms with van der Waals surface area (Å²) in [6.07, 6.45) is 0.752. The number of thiazole rings is 1. The molecule has 0 bridgehead atoms. The lowest BCUT2D eigenvalue weighted by molar-refractivity contribution is 0.0691. The second-order valence-electron chi connectivity index (χ2n) is 2.92. The fourth-order valence-corrected chi connectivity index (χ4v) is 1.79. The van der Waals surface area contributed by atoms with Crippen LogP contribution < -0.4 is 5.32 Å². The number of ether oxygens (including phenoxy) is 1. The Kier molecular flexibility index (Phi) is 5.23. The maximum atomic E-state index is 10.5. The number of carbonyl (C=O) groups is 1. The molecule has 0 saturated heterocycles. The van der Waals surface area contributed by atoms with Gasteiger partial charge < -0.3 is 15.2 Å². The number of nitrogens with zero attached hydrogens (tertiary/aromatic N) is 1. The van der Waals surface area contributed by atoms with Crippen molar-refractivity contribution in [2.24, 2.45) is 0 Å². The van der Waals surface area contributed by atoms with Crippen LogP contribution in [0.5, 0.6) is 0 Å². The second kappa shape index (κ2) is 6.49. The number of hydrogen-bond acceptors (Lipinski definition) is 5. The van der Waals surface area contributed by atoms with Crippen molar-refractivity contribution in [2.45, 2.75) is 6.42 Å². The van der Waals surface area contributed by atoms with Gasteiger partial charge in [0.25, 0.3) is 0 Å². The molecule has 5 nitrogen and oxygen atoms in total.